The van der Waals surface area contributed by atoms with Gasteiger partial charge in [0.25, 0.3) is 0 Å². The lowest BCUT2D eigenvalue weighted by Crippen LogP contribution is -2.48. The molecule has 2 aliphatic rings. The fraction of sp³-hybridized carbons (Fsp3) is 0.875. The van der Waals surface area contributed by atoms with Crippen LogP contribution in [-0.2, 0) is 9.53 Å². The molecule has 1 amide bonds. The van der Waals surface area contributed by atoms with Gasteiger partial charge in [0.1, 0.15) is 0 Å². The van der Waals surface area contributed by atoms with Gasteiger partial charge < -0.3 is 15.4 Å². The van der Waals surface area contributed by atoms with Gasteiger partial charge in [0.05, 0.1) is 24.8 Å². The van der Waals surface area contributed by atoms with Crippen molar-refractivity contribution in [2.75, 3.05) is 13.2 Å². The summed E-state index contributed by atoms with van der Waals surface area (Å²) in [6, 6.07) is -0.0714. The second-order valence-electron chi connectivity index (χ2n) is 3.62. The summed E-state index contributed by atoms with van der Waals surface area (Å²) in [7, 11) is 0. The van der Waals surface area contributed by atoms with Gasteiger partial charge in [-0.25, -0.2) is 0 Å². The minimum absolute atomic E-state index is 0.0609. The van der Waals surface area contributed by atoms with Crippen LogP contribution in [0.1, 0.15) is 13.3 Å². The van der Waals surface area contributed by atoms with E-state index >= 15 is 0 Å². The minimum atomic E-state index is -0.371. The molecule has 12 heavy (non-hydrogen) atoms. The van der Waals surface area contributed by atoms with E-state index in [0.717, 1.165) is 13.0 Å². The molecular formula is C8H14N2O2. The highest BCUT2D eigenvalue weighted by Gasteiger charge is 2.41. The molecule has 0 saturated carbocycles. The third kappa shape index (κ3) is 1.11. The van der Waals surface area contributed by atoms with Gasteiger partial charge in [-0.05, 0) is 13.3 Å². The Hall–Kier alpha value is -0.610. The van der Waals surface area contributed by atoms with Crippen LogP contribution in [0.3, 0.4) is 0 Å². The number of carbonyl (C=O) groups is 1. The van der Waals surface area contributed by atoms with Gasteiger partial charge in [-0.15, -0.1) is 0 Å². The monoisotopic (exact) mass is 170 g/mol. The number of amides is 1. The summed E-state index contributed by atoms with van der Waals surface area (Å²) in [6.07, 6.45) is 1.27. The Balaban J connectivity index is 2.02. The Labute approximate surface area is 71.7 Å². The minimum Gasteiger partial charge on any atom is -0.374 e. The van der Waals surface area contributed by atoms with Crippen LogP contribution in [0.2, 0.25) is 0 Å². The van der Waals surface area contributed by atoms with Gasteiger partial charge in [-0.1, -0.05) is 0 Å². The maximum absolute atomic E-state index is 11.5. The fourth-order valence-corrected chi connectivity index (χ4v) is 1.93. The van der Waals surface area contributed by atoms with Crippen molar-refractivity contribution in [1.29, 1.82) is 0 Å². The van der Waals surface area contributed by atoms with E-state index in [4.69, 9.17) is 10.5 Å². The lowest BCUT2D eigenvalue weighted by molar-refractivity contribution is -0.136. The number of nitrogens with zero attached hydrogens (tertiary/aromatic N) is 1. The highest BCUT2D eigenvalue weighted by molar-refractivity contribution is 5.82. The van der Waals surface area contributed by atoms with E-state index < -0.39 is 0 Å². The van der Waals surface area contributed by atoms with Crippen LogP contribution in [0.25, 0.3) is 0 Å². The largest absolute Gasteiger partial charge is 0.374 e. The van der Waals surface area contributed by atoms with Crippen molar-refractivity contribution < 1.29 is 9.53 Å². The summed E-state index contributed by atoms with van der Waals surface area (Å²) in [6.45, 7) is 3.17. The van der Waals surface area contributed by atoms with E-state index in [-0.39, 0.29) is 18.1 Å². The molecule has 2 rings (SSSR count). The number of hydrogen-bond donors (Lipinski definition) is 1. The number of hydrogen-bond acceptors (Lipinski definition) is 3. The zero-order chi connectivity index (χ0) is 8.72. The van der Waals surface area contributed by atoms with Crippen LogP contribution in [-0.4, -0.2) is 42.1 Å². The van der Waals surface area contributed by atoms with Crippen LogP contribution in [0, 0.1) is 0 Å². The number of rotatable bonds is 1. The third-order valence-corrected chi connectivity index (χ3v) is 2.57. The van der Waals surface area contributed by atoms with E-state index in [1.165, 1.54) is 0 Å². The summed E-state index contributed by atoms with van der Waals surface area (Å²) in [5.74, 6) is 0.0609. The summed E-state index contributed by atoms with van der Waals surface area (Å²) in [5, 5.41) is 0. The van der Waals surface area contributed by atoms with E-state index in [0.29, 0.717) is 12.6 Å². The van der Waals surface area contributed by atoms with Gasteiger partial charge in [0.2, 0.25) is 5.91 Å². The Morgan fingerprint density at radius 3 is 2.92 bits per heavy atom. The zero-order valence-electron chi connectivity index (χ0n) is 7.19. The maximum atomic E-state index is 11.5. The third-order valence-electron chi connectivity index (χ3n) is 2.57. The SMILES string of the molecule is C[C@@H](N)C(=O)N1C[C@H]2C[C@@H]1CO2. The first-order chi connectivity index (χ1) is 5.68. The molecule has 0 aliphatic carbocycles. The Morgan fingerprint density at radius 2 is 2.50 bits per heavy atom. The molecule has 0 aromatic carbocycles. The zero-order valence-corrected chi connectivity index (χ0v) is 7.19. The Bertz CT molecular complexity index is 205. The van der Waals surface area contributed by atoms with Crippen molar-refractivity contribution in [2.45, 2.75) is 31.5 Å². The molecule has 2 heterocycles. The predicted octanol–water partition coefficient (Wildman–Crippen LogP) is -0.667. The number of likely N-dealkylation sites (tertiary alicyclic amines) is 1. The second kappa shape index (κ2) is 2.71. The lowest BCUT2D eigenvalue weighted by atomic mass is 10.2. The predicted molar refractivity (Wildman–Crippen MR) is 43.5 cm³/mol. The van der Waals surface area contributed by atoms with Crippen LogP contribution in [0.5, 0.6) is 0 Å². The highest BCUT2D eigenvalue weighted by atomic mass is 16.5. The lowest BCUT2D eigenvalue weighted by Gasteiger charge is -2.28. The molecule has 2 bridgehead atoms. The Kier molecular flexibility index (Phi) is 1.81. The summed E-state index contributed by atoms with van der Waals surface area (Å²) >= 11 is 0. The number of nitrogens with two attached hydrogens (primary N) is 1. The number of morpholine rings is 1. The van der Waals surface area contributed by atoms with Crippen molar-refractivity contribution in [3.05, 3.63) is 0 Å². The molecule has 0 unspecified atom stereocenters. The molecule has 0 spiro atoms. The van der Waals surface area contributed by atoms with E-state index in [9.17, 15) is 4.79 Å². The smallest absolute Gasteiger partial charge is 0.239 e. The number of ether oxygens (including phenoxy) is 1. The van der Waals surface area contributed by atoms with E-state index in [1.54, 1.807) is 6.92 Å². The molecule has 0 aromatic rings. The van der Waals surface area contributed by atoms with Crippen LogP contribution in [0.15, 0.2) is 0 Å². The summed E-state index contributed by atoms with van der Waals surface area (Å²) in [5.41, 5.74) is 5.52. The first-order valence-electron chi connectivity index (χ1n) is 4.36. The fourth-order valence-electron chi connectivity index (χ4n) is 1.93. The molecule has 4 nitrogen and oxygen atoms in total. The van der Waals surface area contributed by atoms with Crippen molar-refractivity contribution in [3.63, 3.8) is 0 Å². The van der Waals surface area contributed by atoms with Crippen molar-refractivity contribution in [2.24, 2.45) is 5.73 Å². The topological polar surface area (TPSA) is 55.6 Å². The van der Waals surface area contributed by atoms with Crippen LogP contribution in [0.4, 0.5) is 0 Å². The molecule has 3 atom stereocenters. The van der Waals surface area contributed by atoms with Crippen molar-refractivity contribution in [3.8, 4) is 0 Å². The van der Waals surface area contributed by atoms with Crippen LogP contribution >= 0.6 is 0 Å². The average Bonchev–Trinajstić information content (AvgIpc) is 2.62. The first-order valence-corrected chi connectivity index (χ1v) is 4.36. The normalized spacial score (nSPS) is 35.7. The quantitative estimate of drug-likeness (QED) is 0.568. The van der Waals surface area contributed by atoms with E-state index in [2.05, 4.69) is 0 Å². The highest BCUT2D eigenvalue weighted by Crippen LogP contribution is 2.27. The molecule has 2 saturated heterocycles. The molecule has 2 aliphatic heterocycles. The number of carbonyl (C=O) groups excluding carboxylic acids is 1. The molecule has 4 heteroatoms. The molecule has 0 radical (unpaired) electrons. The maximum Gasteiger partial charge on any atom is 0.239 e. The summed E-state index contributed by atoms with van der Waals surface area (Å²) in [4.78, 5) is 13.3. The molecule has 68 valence electrons. The van der Waals surface area contributed by atoms with Crippen molar-refractivity contribution >= 4 is 5.91 Å². The standard InChI is InChI=1S/C8H14N2O2/c1-5(9)8(11)10-3-7-2-6(10)4-12-7/h5-7H,2-4,9H2,1H3/t5-,6-,7-/m1/s1. The average molecular weight is 170 g/mol. The Morgan fingerprint density at radius 1 is 1.75 bits per heavy atom. The molecule has 2 N–H and O–H groups in total. The molecule has 0 aromatic heterocycles. The van der Waals surface area contributed by atoms with Gasteiger partial charge in [-0.2, -0.15) is 0 Å². The second-order valence-corrected chi connectivity index (χ2v) is 3.62. The van der Waals surface area contributed by atoms with Crippen LogP contribution < -0.4 is 5.73 Å². The molecular weight excluding hydrogens is 156 g/mol. The van der Waals surface area contributed by atoms with Gasteiger partial charge >= 0.3 is 0 Å². The van der Waals surface area contributed by atoms with Crippen molar-refractivity contribution in [1.82, 2.24) is 4.90 Å². The van der Waals surface area contributed by atoms with Gasteiger partial charge in [0.15, 0.2) is 0 Å². The molecule has 2 fully saturated rings. The van der Waals surface area contributed by atoms with Gasteiger partial charge in [-0.3, -0.25) is 4.79 Å². The first kappa shape index (κ1) is 8.01. The number of fused-ring (bicyclic) bond motifs is 2. The van der Waals surface area contributed by atoms with Gasteiger partial charge in [0, 0.05) is 6.54 Å². The van der Waals surface area contributed by atoms with E-state index in [1.807, 2.05) is 4.90 Å². The summed E-state index contributed by atoms with van der Waals surface area (Å²) < 4.78 is 5.38.